The van der Waals surface area contributed by atoms with Crippen molar-refractivity contribution in [1.82, 2.24) is 0 Å². The van der Waals surface area contributed by atoms with E-state index in [4.69, 9.17) is 18.9 Å². The molecule has 2 aliphatic heterocycles. The average Bonchev–Trinajstić information content (AvgIpc) is 2.93. The second kappa shape index (κ2) is 19.5. The van der Waals surface area contributed by atoms with Crippen molar-refractivity contribution in [3.05, 3.63) is 0 Å². The van der Waals surface area contributed by atoms with Crippen molar-refractivity contribution < 1.29 is 59.5 Å². The predicted molar refractivity (Wildman–Crippen MR) is 152 cm³/mol. The van der Waals surface area contributed by atoms with Crippen LogP contribution >= 0.6 is 0 Å². The van der Waals surface area contributed by atoms with Crippen molar-refractivity contribution in [2.75, 3.05) is 0 Å². The standard InChI is InChI=1S/C30H56O12/c1-18(31)15-13-11-9-7-5-4-6-8-10-12-14-16-21(17-22(32)33)41-30-28(26(37)24(35)20(3)40-30)42-29-27(38)25(36)23(34)19(2)39-29/h18-21,23-31,34-38H,4-17H2,1-3H3,(H,32,33)/t18-,19?,20?,21-,23?,24?,25?,26?,27?,28?,29?,30?/m1/s1. The zero-order chi connectivity index (χ0) is 31.2. The topological polar surface area (TPSA) is 196 Å². The minimum atomic E-state index is -1.64. The third-order valence-corrected chi connectivity index (χ3v) is 8.26. The zero-order valence-electron chi connectivity index (χ0n) is 25.5. The highest BCUT2D eigenvalue weighted by atomic mass is 16.8. The molecule has 10 unspecified atom stereocenters. The predicted octanol–water partition coefficient (Wildman–Crippen LogP) is 1.98. The number of hydrogen-bond acceptors (Lipinski definition) is 11. The Labute approximate surface area is 249 Å². The largest absolute Gasteiger partial charge is 0.481 e. The summed E-state index contributed by atoms with van der Waals surface area (Å²) in [5.74, 6) is -1.05. The first-order chi connectivity index (χ1) is 19.9. The van der Waals surface area contributed by atoms with Crippen molar-refractivity contribution in [2.45, 2.75) is 184 Å². The van der Waals surface area contributed by atoms with Crippen LogP contribution in [-0.2, 0) is 23.7 Å². The van der Waals surface area contributed by atoms with Crippen LogP contribution in [0.25, 0.3) is 0 Å². The number of unbranched alkanes of at least 4 members (excludes halogenated alkanes) is 10. The number of ether oxygens (including phenoxy) is 4. The van der Waals surface area contributed by atoms with Crippen LogP contribution in [0.4, 0.5) is 0 Å². The molecule has 2 rings (SSSR count). The van der Waals surface area contributed by atoms with Gasteiger partial charge in [0.2, 0.25) is 0 Å². The lowest BCUT2D eigenvalue weighted by molar-refractivity contribution is -0.366. The molecule has 2 aliphatic rings. The highest BCUT2D eigenvalue weighted by Gasteiger charge is 2.50. The van der Waals surface area contributed by atoms with Gasteiger partial charge < -0.3 is 54.7 Å². The van der Waals surface area contributed by atoms with E-state index in [1.165, 1.54) is 39.0 Å². The molecule has 0 aromatic rings. The maximum Gasteiger partial charge on any atom is 0.305 e. The second-order valence-corrected chi connectivity index (χ2v) is 12.1. The van der Waals surface area contributed by atoms with Gasteiger partial charge in [-0.3, -0.25) is 4.79 Å². The molecule has 0 spiro atoms. The van der Waals surface area contributed by atoms with Crippen LogP contribution in [0, 0.1) is 0 Å². The third-order valence-electron chi connectivity index (χ3n) is 8.26. The van der Waals surface area contributed by atoms with Gasteiger partial charge in [-0.05, 0) is 33.6 Å². The number of rotatable bonds is 20. The summed E-state index contributed by atoms with van der Waals surface area (Å²) < 4.78 is 23.0. The molecule has 0 saturated carbocycles. The summed E-state index contributed by atoms with van der Waals surface area (Å²) in [6.07, 6.45) is -1.09. The quantitative estimate of drug-likeness (QED) is 0.0995. The minimum Gasteiger partial charge on any atom is -0.481 e. The summed E-state index contributed by atoms with van der Waals surface area (Å²) in [7, 11) is 0. The number of carbonyl (C=O) groups is 1. The number of carboxylic acid groups (broad SMARTS) is 1. The summed E-state index contributed by atoms with van der Waals surface area (Å²) in [4.78, 5) is 11.6. The maximum atomic E-state index is 11.6. The Kier molecular flexibility index (Phi) is 17.3. The Balaban J connectivity index is 1.81. The fraction of sp³-hybridized carbons (Fsp3) is 0.967. The number of aliphatic hydroxyl groups is 6. The molecule has 2 heterocycles. The summed E-state index contributed by atoms with van der Waals surface area (Å²) in [6.45, 7) is 4.86. The Hall–Kier alpha value is -0.930. The normalized spacial score (nSPS) is 35.2. The number of carboxylic acids is 1. The van der Waals surface area contributed by atoms with Crippen molar-refractivity contribution in [3.8, 4) is 0 Å². The van der Waals surface area contributed by atoms with Gasteiger partial charge in [0, 0.05) is 0 Å². The fourth-order valence-corrected chi connectivity index (χ4v) is 5.54. The lowest BCUT2D eigenvalue weighted by Gasteiger charge is -2.46. The Morgan fingerprint density at radius 2 is 1.12 bits per heavy atom. The van der Waals surface area contributed by atoms with E-state index in [1.807, 2.05) is 6.92 Å². The Morgan fingerprint density at radius 1 is 0.667 bits per heavy atom. The third kappa shape index (κ3) is 12.6. The van der Waals surface area contributed by atoms with E-state index < -0.39 is 73.5 Å². The van der Waals surface area contributed by atoms with Crippen LogP contribution in [0.3, 0.4) is 0 Å². The maximum absolute atomic E-state index is 11.6. The Morgan fingerprint density at radius 3 is 1.62 bits per heavy atom. The second-order valence-electron chi connectivity index (χ2n) is 12.1. The van der Waals surface area contributed by atoms with Gasteiger partial charge in [-0.1, -0.05) is 70.6 Å². The number of hydrogen-bond donors (Lipinski definition) is 7. The summed E-state index contributed by atoms with van der Waals surface area (Å²) in [6, 6.07) is 0. The van der Waals surface area contributed by atoms with Gasteiger partial charge >= 0.3 is 5.97 Å². The fourth-order valence-electron chi connectivity index (χ4n) is 5.54. The number of aliphatic carboxylic acids is 1. The van der Waals surface area contributed by atoms with E-state index in [2.05, 4.69) is 0 Å². The molecular formula is C30H56O12. The van der Waals surface area contributed by atoms with Gasteiger partial charge in [-0.2, -0.15) is 0 Å². The molecule has 0 radical (unpaired) electrons. The molecule has 248 valence electrons. The molecule has 2 fully saturated rings. The minimum absolute atomic E-state index is 0.208. The van der Waals surface area contributed by atoms with Gasteiger partial charge in [0.15, 0.2) is 12.6 Å². The molecule has 0 aromatic carbocycles. The van der Waals surface area contributed by atoms with Gasteiger partial charge in [0.1, 0.15) is 36.6 Å². The van der Waals surface area contributed by atoms with Gasteiger partial charge in [0.05, 0.1) is 30.8 Å². The van der Waals surface area contributed by atoms with Crippen LogP contribution in [0.2, 0.25) is 0 Å². The lowest BCUT2D eigenvalue weighted by atomic mass is 9.97. The molecule has 12 nitrogen and oxygen atoms in total. The molecule has 0 bridgehead atoms. The van der Waals surface area contributed by atoms with Crippen LogP contribution in [-0.4, -0.2) is 115 Å². The van der Waals surface area contributed by atoms with Crippen molar-refractivity contribution in [1.29, 1.82) is 0 Å². The molecule has 0 aliphatic carbocycles. The van der Waals surface area contributed by atoms with Crippen LogP contribution in [0.1, 0.15) is 111 Å². The zero-order valence-corrected chi connectivity index (χ0v) is 25.5. The van der Waals surface area contributed by atoms with E-state index in [0.29, 0.717) is 6.42 Å². The van der Waals surface area contributed by atoms with Crippen LogP contribution in [0.5, 0.6) is 0 Å². The first-order valence-electron chi connectivity index (χ1n) is 15.8. The van der Waals surface area contributed by atoms with Gasteiger partial charge in [-0.25, -0.2) is 0 Å². The van der Waals surface area contributed by atoms with E-state index >= 15 is 0 Å². The molecule has 0 aromatic heterocycles. The highest BCUT2D eigenvalue weighted by molar-refractivity contribution is 5.67. The van der Waals surface area contributed by atoms with E-state index in [-0.39, 0.29) is 12.5 Å². The summed E-state index contributed by atoms with van der Waals surface area (Å²) in [5, 5.41) is 70.4. The van der Waals surface area contributed by atoms with E-state index in [9.17, 15) is 40.5 Å². The van der Waals surface area contributed by atoms with Crippen molar-refractivity contribution in [3.63, 3.8) is 0 Å². The van der Waals surface area contributed by atoms with Crippen molar-refractivity contribution >= 4 is 5.97 Å². The smallest absolute Gasteiger partial charge is 0.305 e. The molecular weight excluding hydrogens is 552 g/mol. The summed E-state index contributed by atoms with van der Waals surface area (Å²) in [5.41, 5.74) is 0. The lowest BCUT2D eigenvalue weighted by Crippen LogP contribution is -2.63. The first kappa shape index (κ1) is 37.3. The molecule has 2 saturated heterocycles. The Bertz CT molecular complexity index is 739. The SMILES string of the molecule is CC1OC(OC2C(O[C@H](CCCCCCCCCCCCC[C@@H](C)O)CC(=O)O)OC(C)C(O)C2O)C(O)C(O)C1O. The van der Waals surface area contributed by atoms with Crippen LogP contribution < -0.4 is 0 Å². The molecule has 7 N–H and O–H groups in total. The average molecular weight is 609 g/mol. The molecule has 42 heavy (non-hydrogen) atoms. The van der Waals surface area contributed by atoms with Crippen LogP contribution in [0.15, 0.2) is 0 Å². The molecule has 0 amide bonds. The molecule has 12 atom stereocenters. The van der Waals surface area contributed by atoms with E-state index in [1.54, 1.807) is 6.92 Å². The first-order valence-corrected chi connectivity index (χ1v) is 15.8. The van der Waals surface area contributed by atoms with Gasteiger partial charge in [-0.15, -0.1) is 0 Å². The van der Waals surface area contributed by atoms with Gasteiger partial charge in [0.25, 0.3) is 0 Å². The summed E-state index contributed by atoms with van der Waals surface area (Å²) >= 11 is 0. The number of aliphatic hydroxyl groups excluding tert-OH is 6. The van der Waals surface area contributed by atoms with Crippen molar-refractivity contribution in [2.24, 2.45) is 0 Å². The molecule has 12 heteroatoms. The highest BCUT2D eigenvalue weighted by Crippen LogP contribution is 2.31. The monoisotopic (exact) mass is 608 g/mol. The van der Waals surface area contributed by atoms with E-state index in [0.717, 1.165) is 44.9 Å².